The molecule has 0 aromatic heterocycles. The van der Waals surface area contributed by atoms with E-state index in [4.69, 9.17) is 13.8 Å². The molecule has 1 fully saturated rings. The van der Waals surface area contributed by atoms with E-state index in [1.54, 1.807) is 38.1 Å². The third-order valence-electron chi connectivity index (χ3n) is 6.25. The Morgan fingerprint density at radius 1 is 0.857 bits per heavy atom. The number of benzene rings is 3. The third-order valence-corrected chi connectivity index (χ3v) is 8.37. The summed E-state index contributed by atoms with van der Waals surface area (Å²) in [7, 11) is -3.52. The lowest BCUT2D eigenvalue weighted by Gasteiger charge is -2.39. The zero-order valence-corrected chi connectivity index (χ0v) is 20.2. The standard InChI is InChI=1S/C26H25N2O6P/c1-3-32-35(31,33-4-2)18-15-13-17(14-16-18)26(24(29)27-25(30)28-26)23-19-9-5-7-11-21(19)34-22-12-8-6-10-20(22)23/h5-16,23H,3-4H2,1-2H3,(H2,27,28,29,30). The molecule has 0 radical (unpaired) electrons. The Hall–Kier alpha value is -3.45. The van der Waals surface area contributed by atoms with Gasteiger partial charge in [0.1, 0.15) is 11.5 Å². The second-order valence-corrected chi connectivity index (χ2v) is 10.2. The number of fused-ring (bicyclic) bond motifs is 2. The Morgan fingerprint density at radius 2 is 1.40 bits per heavy atom. The van der Waals surface area contributed by atoms with Crippen LogP contribution < -0.4 is 20.7 Å². The Balaban J connectivity index is 1.70. The van der Waals surface area contributed by atoms with Gasteiger partial charge in [0.2, 0.25) is 0 Å². The van der Waals surface area contributed by atoms with E-state index in [0.717, 1.165) is 11.1 Å². The number of hydrogen-bond donors (Lipinski definition) is 2. The van der Waals surface area contributed by atoms with Crippen LogP contribution in [0.5, 0.6) is 11.5 Å². The molecule has 5 rings (SSSR count). The minimum atomic E-state index is -3.52. The zero-order valence-electron chi connectivity index (χ0n) is 19.3. The number of nitrogens with one attached hydrogen (secondary N) is 2. The van der Waals surface area contributed by atoms with Gasteiger partial charge in [0, 0.05) is 11.1 Å². The summed E-state index contributed by atoms with van der Waals surface area (Å²) in [4.78, 5) is 26.1. The number of carbonyl (C=O) groups excluding carboxylic acids is 2. The van der Waals surface area contributed by atoms with Crippen LogP contribution in [-0.4, -0.2) is 25.2 Å². The molecule has 0 aliphatic carbocycles. The fourth-order valence-corrected chi connectivity index (χ4v) is 6.42. The lowest BCUT2D eigenvalue weighted by Crippen LogP contribution is -2.50. The number of amides is 3. The summed E-state index contributed by atoms with van der Waals surface area (Å²) in [6.07, 6.45) is 0. The second kappa shape index (κ2) is 8.96. The minimum absolute atomic E-state index is 0.219. The molecule has 2 heterocycles. The van der Waals surface area contributed by atoms with Crippen LogP contribution >= 0.6 is 7.60 Å². The predicted molar refractivity (Wildman–Crippen MR) is 130 cm³/mol. The molecule has 0 saturated carbocycles. The molecule has 35 heavy (non-hydrogen) atoms. The fraction of sp³-hybridized carbons (Fsp3) is 0.231. The number of para-hydroxylation sites is 2. The smallest absolute Gasteiger partial charge is 0.361 e. The summed E-state index contributed by atoms with van der Waals surface area (Å²) in [5, 5.41) is 5.70. The second-order valence-electron chi connectivity index (χ2n) is 8.21. The van der Waals surface area contributed by atoms with Crippen molar-refractivity contribution in [3.63, 3.8) is 0 Å². The molecule has 3 aromatic rings. The molecule has 3 amide bonds. The Bertz CT molecular complexity index is 1290. The van der Waals surface area contributed by atoms with Crippen LogP contribution in [0.3, 0.4) is 0 Å². The molecule has 2 N–H and O–H groups in total. The molecule has 1 atom stereocenters. The van der Waals surface area contributed by atoms with E-state index < -0.39 is 31.0 Å². The maximum atomic E-state index is 13.6. The lowest BCUT2D eigenvalue weighted by molar-refractivity contribution is -0.124. The first-order valence-corrected chi connectivity index (χ1v) is 13.0. The number of rotatable bonds is 7. The Labute approximate surface area is 203 Å². The van der Waals surface area contributed by atoms with Crippen molar-refractivity contribution < 1.29 is 27.9 Å². The van der Waals surface area contributed by atoms with Crippen molar-refractivity contribution >= 4 is 24.8 Å². The molecule has 0 spiro atoms. The highest BCUT2D eigenvalue weighted by Gasteiger charge is 2.56. The number of imide groups is 1. The lowest BCUT2D eigenvalue weighted by atomic mass is 9.70. The molecule has 180 valence electrons. The van der Waals surface area contributed by atoms with E-state index in [2.05, 4.69) is 10.6 Å². The summed E-state index contributed by atoms with van der Waals surface area (Å²) in [5.41, 5.74) is 0.594. The van der Waals surface area contributed by atoms with Crippen LogP contribution in [0.4, 0.5) is 4.79 Å². The van der Waals surface area contributed by atoms with Gasteiger partial charge in [-0.15, -0.1) is 0 Å². The van der Waals surface area contributed by atoms with Crippen LogP contribution in [0.15, 0.2) is 72.8 Å². The summed E-state index contributed by atoms with van der Waals surface area (Å²) >= 11 is 0. The number of hydrogen-bond acceptors (Lipinski definition) is 6. The quantitative estimate of drug-likeness (QED) is 0.371. The van der Waals surface area contributed by atoms with Crippen LogP contribution in [-0.2, 0) is 23.9 Å². The molecular formula is C26H25N2O6P. The summed E-state index contributed by atoms with van der Waals surface area (Å²) in [6.45, 7) is 3.93. The van der Waals surface area contributed by atoms with Crippen molar-refractivity contribution in [3.8, 4) is 11.5 Å². The molecule has 9 heteroatoms. The van der Waals surface area contributed by atoms with Crippen molar-refractivity contribution in [1.29, 1.82) is 0 Å². The first kappa shape index (κ1) is 23.3. The van der Waals surface area contributed by atoms with Gasteiger partial charge >= 0.3 is 13.6 Å². The number of carbonyl (C=O) groups is 2. The molecular weight excluding hydrogens is 467 g/mol. The largest absolute Gasteiger partial charge is 0.457 e. The van der Waals surface area contributed by atoms with Crippen LogP contribution in [0.1, 0.15) is 36.5 Å². The molecule has 1 unspecified atom stereocenters. The fourth-order valence-electron chi connectivity index (χ4n) is 4.85. The van der Waals surface area contributed by atoms with Gasteiger partial charge in [-0.2, -0.15) is 0 Å². The number of urea groups is 1. The Morgan fingerprint density at radius 3 is 1.89 bits per heavy atom. The summed E-state index contributed by atoms with van der Waals surface area (Å²) < 4.78 is 30.3. The highest BCUT2D eigenvalue weighted by molar-refractivity contribution is 7.62. The highest BCUT2D eigenvalue weighted by atomic mass is 31.2. The van der Waals surface area contributed by atoms with Gasteiger partial charge in [-0.1, -0.05) is 48.5 Å². The molecule has 2 aliphatic rings. The maximum absolute atomic E-state index is 13.6. The van der Waals surface area contributed by atoms with E-state index in [1.807, 2.05) is 48.5 Å². The summed E-state index contributed by atoms with van der Waals surface area (Å²) in [6, 6.07) is 20.9. The Kier molecular flexibility index (Phi) is 5.97. The molecule has 2 aliphatic heterocycles. The van der Waals surface area contributed by atoms with E-state index in [9.17, 15) is 14.2 Å². The van der Waals surface area contributed by atoms with Crippen molar-refractivity contribution in [1.82, 2.24) is 10.6 Å². The normalized spacial score (nSPS) is 19.4. The van der Waals surface area contributed by atoms with Crippen LogP contribution in [0.2, 0.25) is 0 Å². The maximum Gasteiger partial charge on any atom is 0.361 e. The summed E-state index contributed by atoms with van der Waals surface area (Å²) in [5.74, 6) is 0.160. The first-order valence-electron chi connectivity index (χ1n) is 11.4. The SMILES string of the molecule is CCOP(=O)(OCC)c1ccc(C2(C3c4ccccc4Oc4ccccc43)NC(=O)NC2=O)cc1. The first-order chi connectivity index (χ1) is 16.9. The molecule has 1 saturated heterocycles. The predicted octanol–water partition coefficient (Wildman–Crippen LogP) is 4.55. The van der Waals surface area contributed by atoms with E-state index in [1.165, 1.54) is 0 Å². The third kappa shape index (κ3) is 3.74. The van der Waals surface area contributed by atoms with Crippen molar-refractivity contribution in [3.05, 3.63) is 89.5 Å². The minimum Gasteiger partial charge on any atom is -0.457 e. The topological polar surface area (TPSA) is 103 Å². The van der Waals surface area contributed by atoms with Gasteiger partial charge in [0.15, 0.2) is 5.54 Å². The van der Waals surface area contributed by atoms with Crippen LogP contribution in [0.25, 0.3) is 0 Å². The van der Waals surface area contributed by atoms with E-state index in [-0.39, 0.29) is 13.2 Å². The average Bonchev–Trinajstić information content (AvgIpc) is 3.17. The highest BCUT2D eigenvalue weighted by Crippen LogP contribution is 2.53. The van der Waals surface area contributed by atoms with Gasteiger partial charge in [-0.05, 0) is 43.7 Å². The van der Waals surface area contributed by atoms with Crippen LogP contribution in [0, 0.1) is 0 Å². The van der Waals surface area contributed by atoms with Gasteiger partial charge < -0.3 is 19.1 Å². The molecule has 0 bridgehead atoms. The van der Waals surface area contributed by atoms with Crippen molar-refractivity contribution in [2.24, 2.45) is 0 Å². The monoisotopic (exact) mass is 492 g/mol. The molecule has 8 nitrogen and oxygen atoms in total. The van der Waals surface area contributed by atoms with E-state index >= 15 is 0 Å². The van der Waals surface area contributed by atoms with Gasteiger partial charge in [0.25, 0.3) is 5.91 Å². The van der Waals surface area contributed by atoms with Crippen molar-refractivity contribution in [2.75, 3.05) is 13.2 Å². The van der Waals surface area contributed by atoms with Gasteiger partial charge in [0.05, 0.1) is 24.4 Å². The van der Waals surface area contributed by atoms with Crippen molar-refractivity contribution in [2.45, 2.75) is 25.3 Å². The molecule has 3 aromatic carbocycles. The average molecular weight is 492 g/mol. The zero-order chi connectivity index (χ0) is 24.6. The van der Waals surface area contributed by atoms with Gasteiger partial charge in [-0.3, -0.25) is 14.7 Å². The number of ether oxygens (including phenoxy) is 1. The van der Waals surface area contributed by atoms with Gasteiger partial charge in [-0.25, -0.2) is 4.79 Å². The van der Waals surface area contributed by atoms with E-state index in [0.29, 0.717) is 22.4 Å².